The topological polar surface area (TPSA) is 50.4 Å². The van der Waals surface area contributed by atoms with Gasteiger partial charge in [-0.05, 0) is 30.7 Å². The summed E-state index contributed by atoms with van der Waals surface area (Å²) >= 11 is 0. The average Bonchev–Trinajstić information content (AvgIpc) is 2.95. The first-order chi connectivity index (χ1) is 9.20. The fourth-order valence-corrected chi connectivity index (χ4v) is 2.23. The summed E-state index contributed by atoms with van der Waals surface area (Å²) in [6.45, 7) is 2.03. The average molecular weight is 266 g/mol. The molecule has 0 radical (unpaired) electrons. The van der Waals surface area contributed by atoms with Crippen molar-refractivity contribution in [3.63, 3.8) is 0 Å². The maximum absolute atomic E-state index is 12.9. The number of benzene rings is 1. The number of methoxy groups -OCH3 is 1. The molecule has 19 heavy (non-hydrogen) atoms. The van der Waals surface area contributed by atoms with E-state index in [-0.39, 0.29) is 23.7 Å². The normalized spacial score (nSPS) is 20.2. The maximum atomic E-state index is 12.9. The quantitative estimate of drug-likeness (QED) is 0.843. The van der Waals surface area contributed by atoms with Gasteiger partial charge in [0.25, 0.3) is 0 Å². The molecule has 1 aromatic rings. The number of carbonyl (C=O) groups is 1. The molecule has 1 heterocycles. The minimum atomic E-state index is -0.278. The zero-order valence-electron chi connectivity index (χ0n) is 11.0. The molecule has 0 spiro atoms. The minimum Gasteiger partial charge on any atom is -0.375 e. The molecular formula is C14H19FN2O2. The lowest BCUT2D eigenvalue weighted by Crippen LogP contribution is -2.35. The van der Waals surface area contributed by atoms with Crippen molar-refractivity contribution in [1.82, 2.24) is 10.6 Å². The van der Waals surface area contributed by atoms with Gasteiger partial charge in [-0.3, -0.25) is 4.79 Å². The van der Waals surface area contributed by atoms with E-state index in [1.54, 1.807) is 19.2 Å². The largest absolute Gasteiger partial charge is 0.375 e. The van der Waals surface area contributed by atoms with Gasteiger partial charge in [-0.1, -0.05) is 12.1 Å². The summed E-state index contributed by atoms with van der Waals surface area (Å²) in [6.07, 6.45) is 0.624. The summed E-state index contributed by atoms with van der Waals surface area (Å²) in [5.74, 6) is -0.181. The molecule has 2 rings (SSSR count). The molecule has 0 aromatic heterocycles. The molecular weight excluding hydrogens is 247 g/mol. The molecule has 5 heteroatoms. The third-order valence-corrected chi connectivity index (χ3v) is 3.42. The number of rotatable bonds is 5. The second-order valence-corrected chi connectivity index (χ2v) is 4.71. The fourth-order valence-electron chi connectivity index (χ4n) is 2.23. The SMILES string of the molecule is COC(CNC(=O)C1CCNC1)c1ccc(F)cc1. The van der Waals surface area contributed by atoms with Gasteiger partial charge in [-0.2, -0.15) is 0 Å². The Hall–Kier alpha value is -1.46. The summed E-state index contributed by atoms with van der Waals surface area (Å²) < 4.78 is 18.2. The van der Waals surface area contributed by atoms with Crippen LogP contribution in [-0.4, -0.2) is 32.7 Å². The van der Waals surface area contributed by atoms with Crippen molar-refractivity contribution >= 4 is 5.91 Å². The van der Waals surface area contributed by atoms with Crippen molar-refractivity contribution in [2.45, 2.75) is 12.5 Å². The van der Waals surface area contributed by atoms with Gasteiger partial charge in [0, 0.05) is 20.2 Å². The van der Waals surface area contributed by atoms with Gasteiger partial charge in [0.05, 0.1) is 12.0 Å². The van der Waals surface area contributed by atoms with Gasteiger partial charge in [0.2, 0.25) is 5.91 Å². The highest BCUT2D eigenvalue weighted by molar-refractivity contribution is 5.79. The van der Waals surface area contributed by atoms with Gasteiger partial charge >= 0.3 is 0 Å². The van der Waals surface area contributed by atoms with Gasteiger partial charge in [0.15, 0.2) is 0 Å². The van der Waals surface area contributed by atoms with Crippen molar-refractivity contribution in [1.29, 1.82) is 0 Å². The second kappa shape index (κ2) is 6.63. The van der Waals surface area contributed by atoms with Gasteiger partial charge in [-0.15, -0.1) is 0 Å². The predicted octanol–water partition coefficient (Wildman–Crippen LogP) is 1.24. The number of amides is 1. The molecule has 4 nitrogen and oxygen atoms in total. The lowest BCUT2D eigenvalue weighted by Gasteiger charge is -2.18. The van der Waals surface area contributed by atoms with E-state index in [0.29, 0.717) is 6.54 Å². The van der Waals surface area contributed by atoms with Crippen LogP contribution in [0.1, 0.15) is 18.1 Å². The molecule has 2 unspecified atom stereocenters. The molecule has 2 atom stereocenters. The van der Waals surface area contributed by atoms with Crippen molar-refractivity contribution in [2.24, 2.45) is 5.92 Å². The Kier molecular flexibility index (Phi) is 4.87. The third-order valence-electron chi connectivity index (χ3n) is 3.42. The molecule has 1 aromatic carbocycles. The van der Waals surface area contributed by atoms with E-state index in [9.17, 15) is 9.18 Å². The van der Waals surface area contributed by atoms with Crippen LogP contribution >= 0.6 is 0 Å². The van der Waals surface area contributed by atoms with Gasteiger partial charge in [0.1, 0.15) is 5.82 Å². The van der Waals surface area contributed by atoms with Crippen molar-refractivity contribution < 1.29 is 13.9 Å². The lowest BCUT2D eigenvalue weighted by molar-refractivity contribution is -0.125. The van der Waals surface area contributed by atoms with E-state index in [1.807, 2.05) is 0 Å². The molecule has 1 fully saturated rings. The first-order valence-corrected chi connectivity index (χ1v) is 6.47. The van der Waals surface area contributed by atoms with E-state index in [4.69, 9.17) is 4.74 Å². The van der Waals surface area contributed by atoms with Crippen molar-refractivity contribution in [3.05, 3.63) is 35.6 Å². The first kappa shape index (κ1) is 14.0. The molecule has 1 amide bonds. The summed E-state index contributed by atoms with van der Waals surface area (Å²) in [4.78, 5) is 11.9. The molecule has 0 saturated carbocycles. The number of nitrogens with one attached hydrogen (secondary N) is 2. The first-order valence-electron chi connectivity index (χ1n) is 6.47. The molecule has 0 aliphatic carbocycles. The van der Waals surface area contributed by atoms with Crippen LogP contribution in [0.25, 0.3) is 0 Å². The predicted molar refractivity (Wildman–Crippen MR) is 70.1 cm³/mol. The maximum Gasteiger partial charge on any atom is 0.224 e. The van der Waals surface area contributed by atoms with Crippen LogP contribution < -0.4 is 10.6 Å². The van der Waals surface area contributed by atoms with Gasteiger partial charge in [-0.25, -0.2) is 4.39 Å². The summed E-state index contributed by atoms with van der Waals surface area (Å²) in [6, 6.07) is 6.13. The Balaban J connectivity index is 1.88. The third kappa shape index (κ3) is 3.75. The highest BCUT2D eigenvalue weighted by atomic mass is 19.1. The molecule has 1 aliphatic rings. The minimum absolute atomic E-state index is 0.0470. The highest BCUT2D eigenvalue weighted by Crippen LogP contribution is 2.16. The summed E-state index contributed by atoms with van der Waals surface area (Å²) in [5.41, 5.74) is 0.855. The van der Waals surface area contributed by atoms with E-state index >= 15 is 0 Å². The lowest BCUT2D eigenvalue weighted by atomic mass is 10.1. The Morgan fingerprint density at radius 3 is 2.84 bits per heavy atom. The number of hydrogen-bond donors (Lipinski definition) is 2. The van der Waals surface area contributed by atoms with Crippen molar-refractivity contribution in [2.75, 3.05) is 26.7 Å². The standard InChI is InChI=1S/C14H19FN2O2/c1-19-13(10-2-4-12(15)5-3-10)9-17-14(18)11-6-7-16-8-11/h2-5,11,13,16H,6-9H2,1H3,(H,17,18). The zero-order chi connectivity index (χ0) is 13.7. The van der Waals surface area contributed by atoms with E-state index < -0.39 is 0 Å². The van der Waals surface area contributed by atoms with Crippen LogP contribution in [-0.2, 0) is 9.53 Å². The number of ether oxygens (including phenoxy) is 1. The Morgan fingerprint density at radius 1 is 1.53 bits per heavy atom. The van der Waals surface area contributed by atoms with Crippen LogP contribution in [0.2, 0.25) is 0 Å². The Labute approximate surface area is 112 Å². The smallest absolute Gasteiger partial charge is 0.224 e. The number of halogens is 1. The second-order valence-electron chi connectivity index (χ2n) is 4.71. The van der Waals surface area contributed by atoms with E-state index in [0.717, 1.165) is 25.1 Å². The molecule has 104 valence electrons. The molecule has 1 aliphatic heterocycles. The van der Waals surface area contributed by atoms with Crippen LogP contribution in [0.3, 0.4) is 0 Å². The molecule has 1 saturated heterocycles. The van der Waals surface area contributed by atoms with Crippen LogP contribution in [0, 0.1) is 11.7 Å². The number of carbonyl (C=O) groups excluding carboxylic acids is 1. The summed E-state index contributed by atoms with van der Waals surface area (Å²) in [5, 5.41) is 6.05. The monoisotopic (exact) mass is 266 g/mol. The van der Waals surface area contributed by atoms with Crippen molar-refractivity contribution in [3.8, 4) is 0 Å². The van der Waals surface area contributed by atoms with Crippen LogP contribution in [0.15, 0.2) is 24.3 Å². The number of hydrogen-bond acceptors (Lipinski definition) is 3. The van der Waals surface area contributed by atoms with Gasteiger partial charge < -0.3 is 15.4 Å². The highest BCUT2D eigenvalue weighted by Gasteiger charge is 2.23. The molecule has 0 bridgehead atoms. The Morgan fingerprint density at radius 2 is 2.26 bits per heavy atom. The molecule has 2 N–H and O–H groups in total. The summed E-state index contributed by atoms with van der Waals surface area (Å²) in [7, 11) is 1.58. The Bertz CT molecular complexity index is 416. The zero-order valence-corrected chi connectivity index (χ0v) is 11.0. The van der Waals surface area contributed by atoms with E-state index in [1.165, 1.54) is 12.1 Å². The van der Waals surface area contributed by atoms with Crippen LogP contribution in [0.5, 0.6) is 0 Å². The van der Waals surface area contributed by atoms with E-state index in [2.05, 4.69) is 10.6 Å². The fraction of sp³-hybridized carbons (Fsp3) is 0.500. The van der Waals surface area contributed by atoms with Crippen LogP contribution in [0.4, 0.5) is 4.39 Å².